The molecule has 112 valence electrons. The molecule has 1 rings (SSSR count). The van der Waals surface area contributed by atoms with E-state index in [-0.39, 0.29) is 12.5 Å². The van der Waals surface area contributed by atoms with Crippen LogP contribution in [0.1, 0.15) is 50.7 Å². The van der Waals surface area contributed by atoms with E-state index in [2.05, 4.69) is 43.4 Å². The van der Waals surface area contributed by atoms with E-state index >= 15 is 0 Å². The summed E-state index contributed by atoms with van der Waals surface area (Å²) in [4.78, 5) is 11.7. The van der Waals surface area contributed by atoms with Crippen LogP contribution in [0.25, 0.3) is 0 Å². The topological polar surface area (TPSA) is 49.3 Å². The third-order valence-electron chi connectivity index (χ3n) is 3.56. The Morgan fingerprint density at radius 3 is 2.40 bits per heavy atom. The van der Waals surface area contributed by atoms with Crippen molar-refractivity contribution in [2.75, 3.05) is 13.2 Å². The Labute approximate surface area is 122 Å². The van der Waals surface area contributed by atoms with Gasteiger partial charge in [0.1, 0.15) is 0 Å². The van der Waals surface area contributed by atoms with E-state index in [1.165, 1.54) is 11.1 Å². The van der Waals surface area contributed by atoms with Crippen LogP contribution in [-0.4, -0.2) is 24.2 Å². The number of hydrogen-bond donors (Lipinski definition) is 2. The summed E-state index contributed by atoms with van der Waals surface area (Å²) in [5, 5.41) is 11.7. The van der Waals surface area contributed by atoms with Crippen molar-refractivity contribution in [3.8, 4) is 0 Å². The van der Waals surface area contributed by atoms with Crippen molar-refractivity contribution in [3.63, 3.8) is 0 Å². The Morgan fingerprint density at radius 1 is 1.20 bits per heavy atom. The van der Waals surface area contributed by atoms with Gasteiger partial charge in [0.15, 0.2) is 0 Å². The van der Waals surface area contributed by atoms with Crippen molar-refractivity contribution in [2.24, 2.45) is 5.92 Å². The molecule has 1 amide bonds. The highest BCUT2D eigenvalue weighted by Gasteiger charge is 2.06. The first-order valence-corrected chi connectivity index (χ1v) is 7.49. The maximum Gasteiger partial charge on any atom is 0.220 e. The second-order valence-corrected chi connectivity index (χ2v) is 5.82. The first kappa shape index (κ1) is 16.7. The molecular formula is C17H27NO2. The SMILES string of the molecule is CC(CCO)CNC(=O)CCc1ccc(C(C)C)cc1. The number of rotatable bonds is 8. The van der Waals surface area contributed by atoms with Crippen LogP contribution in [0.5, 0.6) is 0 Å². The molecule has 20 heavy (non-hydrogen) atoms. The lowest BCUT2D eigenvalue weighted by Gasteiger charge is -2.11. The smallest absolute Gasteiger partial charge is 0.220 e. The van der Waals surface area contributed by atoms with Gasteiger partial charge in [0.25, 0.3) is 0 Å². The van der Waals surface area contributed by atoms with Gasteiger partial charge in [0.2, 0.25) is 5.91 Å². The van der Waals surface area contributed by atoms with Gasteiger partial charge in [-0.25, -0.2) is 0 Å². The fraction of sp³-hybridized carbons (Fsp3) is 0.588. The fourth-order valence-corrected chi connectivity index (χ4v) is 2.03. The van der Waals surface area contributed by atoms with E-state index in [1.807, 2.05) is 6.92 Å². The van der Waals surface area contributed by atoms with E-state index in [4.69, 9.17) is 5.11 Å². The lowest BCUT2D eigenvalue weighted by Crippen LogP contribution is -2.28. The highest BCUT2D eigenvalue weighted by atomic mass is 16.3. The molecule has 1 aromatic carbocycles. The number of nitrogens with one attached hydrogen (secondary N) is 1. The van der Waals surface area contributed by atoms with Gasteiger partial charge in [0, 0.05) is 19.6 Å². The average Bonchev–Trinajstić information content (AvgIpc) is 2.43. The number of benzene rings is 1. The Balaban J connectivity index is 2.30. The van der Waals surface area contributed by atoms with Crippen LogP contribution in [0, 0.1) is 5.92 Å². The molecule has 0 spiro atoms. The van der Waals surface area contributed by atoms with Crippen molar-refractivity contribution >= 4 is 5.91 Å². The molecule has 0 saturated heterocycles. The monoisotopic (exact) mass is 277 g/mol. The Morgan fingerprint density at radius 2 is 1.85 bits per heavy atom. The van der Waals surface area contributed by atoms with Gasteiger partial charge >= 0.3 is 0 Å². The number of aliphatic hydroxyl groups is 1. The minimum Gasteiger partial charge on any atom is -0.396 e. The lowest BCUT2D eigenvalue weighted by molar-refractivity contribution is -0.121. The van der Waals surface area contributed by atoms with E-state index in [9.17, 15) is 4.79 Å². The van der Waals surface area contributed by atoms with Gasteiger partial charge in [-0.3, -0.25) is 4.79 Å². The minimum absolute atomic E-state index is 0.0859. The van der Waals surface area contributed by atoms with Crippen LogP contribution in [0.2, 0.25) is 0 Å². The van der Waals surface area contributed by atoms with Crippen LogP contribution in [0.3, 0.4) is 0 Å². The molecule has 2 N–H and O–H groups in total. The summed E-state index contributed by atoms with van der Waals surface area (Å²) in [6.07, 6.45) is 2.03. The van der Waals surface area contributed by atoms with Gasteiger partial charge in [-0.15, -0.1) is 0 Å². The van der Waals surface area contributed by atoms with Crippen LogP contribution < -0.4 is 5.32 Å². The second-order valence-electron chi connectivity index (χ2n) is 5.82. The van der Waals surface area contributed by atoms with Crippen molar-refractivity contribution in [1.29, 1.82) is 0 Å². The zero-order valence-corrected chi connectivity index (χ0v) is 12.9. The predicted molar refractivity (Wildman–Crippen MR) is 82.7 cm³/mol. The molecule has 1 unspecified atom stereocenters. The quantitative estimate of drug-likeness (QED) is 0.767. The maximum atomic E-state index is 11.7. The molecule has 0 aromatic heterocycles. The third kappa shape index (κ3) is 6.20. The standard InChI is InChI=1S/C17H27NO2/c1-13(2)16-7-4-15(5-8-16)6-9-17(20)18-12-14(3)10-11-19/h4-5,7-8,13-14,19H,6,9-12H2,1-3H3,(H,18,20). The number of hydrogen-bond acceptors (Lipinski definition) is 2. The van der Waals surface area contributed by atoms with Gasteiger partial charge < -0.3 is 10.4 Å². The third-order valence-corrected chi connectivity index (χ3v) is 3.56. The average molecular weight is 277 g/mol. The summed E-state index contributed by atoms with van der Waals surface area (Å²) in [6, 6.07) is 8.50. The van der Waals surface area contributed by atoms with Gasteiger partial charge in [-0.2, -0.15) is 0 Å². The Hall–Kier alpha value is -1.35. The van der Waals surface area contributed by atoms with Crippen LogP contribution in [0.4, 0.5) is 0 Å². The summed E-state index contributed by atoms with van der Waals surface area (Å²) in [7, 11) is 0. The molecule has 1 atom stereocenters. The van der Waals surface area contributed by atoms with Crippen molar-refractivity contribution in [1.82, 2.24) is 5.32 Å². The zero-order chi connectivity index (χ0) is 15.0. The van der Waals surface area contributed by atoms with Crippen molar-refractivity contribution in [2.45, 2.75) is 46.0 Å². The van der Waals surface area contributed by atoms with Crippen molar-refractivity contribution in [3.05, 3.63) is 35.4 Å². The van der Waals surface area contributed by atoms with Crippen LogP contribution in [0.15, 0.2) is 24.3 Å². The number of aliphatic hydroxyl groups excluding tert-OH is 1. The molecular weight excluding hydrogens is 250 g/mol. The van der Waals surface area contributed by atoms with Gasteiger partial charge in [-0.05, 0) is 35.8 Å². The highest BCUT2D eigenvalue weighted by Crippen LogP contribution is 2.15. The summed E-state index contributed by atoms with van der Waals surface area (Å²) in [6.45, 7) is 7.21. The van der Waals surface area contributed by atoms with Crippen LogP contribution in [-0.2, 0) is 11.2 Å². The number of carbonyl (C=O) groups excluding carboxylic acids is 1. The zero-order valence-electron chi connectivity index (χ0n) is 12.9. The van der Waals surface area contributed by atoms with Crippen LogP contribution >= 0.6 is 0 Å². The molecule has 0 bridgehead atoms. The summed E-state index contributed by atoms with van der Waals surface area (Å²) in [5.41, 5.74) is 2.53. The summed E-state index contributed by atoms with van der Waals surface area (Å²) >= 11 is 0. The molecule has 0 aliphatic rings. The van der Waals surface area contributed by atoms with Crippen molar-refractivity contribution < 1.29 is 9.90 Å². The Kier molecular flexibility index (Phi) is 7.31. The normalized spacial score (nSPS) is 12.4. The number of aryl methyl sites for hydroxylation is 1. The summed E-state index contributed by atoms with van der Waals surface area (Å²) < 4.78 is 0. The molecule has 0 saturated carbocycles. The largest absolute Gasteiger partial charge is 0.396 e. The summed E-state index contributed by atoms with van der Waals surface area (Å²) in [5.74, 6) is 0.956. The first-order chi connectivity index (χ1) is 9.52. The molecule has 0 heterocycles. The van der Waals surface area contributed by atoms with Gasteiger partial charge in [0.05, 0.1) is 0 Å². The van der Waals surface area contributed by atoms with E-state index in [0.717, 1.165) is 12.8 Å². The first-order valence-electron chi connectivity index (χ1n) is 7.49. The molecule has 0 radical (unpaired) electrons. The Bertz CT molecular complexity index is 398. The lowest BCUT2D eigenvalue weighted by atomic mass is 10.0. The molecule has 3 nitrogen and oxygen atoms in total. The predicted octanol–water partition coefficient (Wildman–Crippen LogP) is 2.88. The fourth-order valence-electron chi connectivity index (χ4n) is 2.03. The van der Waals surface area contributed by atoms with E-state index < -0.39 is 0 Å². The molecule has 0 fully saturated rings. The number of amides is 1. The molecule has 0 aliphatic carbocycles. The minimum atomic E-state index is 0.0859. The van der Waals surface area contributed by atoms with E-state index in [0.29, 0.717) is 24.8 Å². The molecule has 1 aromatic rings. The molecule has 3 heteroatoms. The maximum absolute atomic E-state index is 11.7. The number of carbonyl (C=O) groups is 1. The van der Waals surface area contributed by atoms with E-state index in [1.54, 1.807) is 0 Å². The molecule has 0 aliphatic heterocycles. The second kappa shape index (κ2) is 8.75. The highest BCUT2D eigenvalue weighted by molar-refractivity contribution is 5.76. The van der Waals surface area contributed by atoms with Gasteiger partial charge in [-0.1, -0.05) is 45.0 Å².